The molecule has 1 aliphatic heterocycles. The first-order valence-electron chi connectivity index (χ1n) is 5.96. The van der Waals surface area contributed by atoms with Crippen LogP contribution >= 0.6 is 0 Å². The molecule has 0 unspecified atom stereocenters. The van der Waals surface area contributed by atoms with Gasteiger partial charge < -0.3 is 14.0 Å². The summed E-state index contributed by atoms with van der Waals surface area (Å²) in [5.74, 6) is 0.0978. The second-order valence-electron chi connectivity index (χ2n) is 5.47. The van der Waals surface area contributed by atoms with Gasteiger partial charge >= 0.3 is 7.12 Å². The molecule has 1 aromatic rings. The Kier molecular flexibility index (Phi) is 3.15. The fraction of sp³-hybridized carbons (Fsp3) is 0.538. The minimum Gasteiger partial charge on any atom is -0.497 e. The molecule has 3 nitrogen and oxygen atoms in total. The summed E-state index contributed by atoms with van der Waals surface area (Å²) >= 11 is 0. The van der Waals surface area contributed by atoms with E-state index in [-0.39, 0.29) is 5.82 Å². The SMILES string of the molecule is COc1cc(F)ccc1B1OC(C)(C)C(C)(C)O1. The maximum atomic E-state index is 13.2. The highest BCUT2D eigenvalue weighted by Gasteiger charge is 2.52. The lowest BCUT2D eigenvalue weighted by atomic mass is 9.78. The number of hydrogen-bond donors (Lipinski definition) is 0. The largest absolute Gasteiger partial charge is 0.498 e. The first kappa shape index (κ1) is 13.4. The second-order valence-corrected chi connectivity index (χ2v) is 5.47. The normalized spacial score (nSPS) is 21.1. The van der Waals surface area contributed by atoms with Crippen LogP contribution in [-0.2, 0) is 9.31 Å². The molecule has 18 heavy (non-hydrogen) atoms. The van der Waals surface area contributed by atoms with Crippen molar-refractivity contribution in [2.75, 3.05) is 7.11 Å². The molecular formula is C13H18BFO3. The van der Waals surface area contributed by atoms with Crippen LogP contribution in [0.3, 0.4) is 0 Å². The number of methoxy groups -OCH3 is 1. The van der Waals surface area contributed by atoms with Crippen LogP contribution in [0.4, 0.5) is 4.39 Å². The highest BCUT2D eigenvalue weighted by molar-refractivity contribution is 6.63. The summed E-state index contributed by atoms with van der Waals surface area (Å²) in [7, 11) is 0.967. The molecule has 1 heterocycles. The molecule has 0 aliphatic carbocycles. The highest BCUT2D eigenvalue weighted by atomic mass is 19.1. The van der Waals surface area contributed by atoms with E-state index >= 15 is 0 Å². The minimum absolute atomic E-state index is 0.341. The van der Waals surface area contributed by atoms with E-state index in [2.05, 4.69) is 0 Å². The van der Waals surface area contributed by atoms with Gasteiger partial charge in [0.15, 0.2) is 0 Å². The predicted molar refractivity (Wildman–Crippen MR) is 68.7 cm³/mol. The van der Waals surface area contributed by atoms with Gasteiger partial charge in [-0.3, -0.25) is 0 Å². The van der Waals surface area contributed by atoms with Crippen molar-refractivity contribution < 1.29 is 18.4 Å². The number of rotatable bonds is 2. The minimum atomic E-state index is -0.537. The topological polar surface area (TPSA) is 27.7 Å². The number of halogens is 1. The maximum Gasteiger partial charge on any atom is 0.498 e. The lowest BCUT2D eigenvalue weighted by Gasteiger charge is -2.32. The third kappa shape index (κ3) is 2.13. The fourth-order valence-corrected chi connectivity index (χ4v) is 1.85. The van der Waals surface area contributed by atoms with Crippen molar-refractivity contribution in [3.05, 3.63) is 24.0 Å². The van der Waals surface area contributed by atoms with Gasteiger partial charge in [0.1, 0.15) is 11.6 Å². The second kappa shape index (κ2) is 4.25. The number of hydrogen-bond acceptors (Lipinski definition) is 3. The Hall–Kier alpha value is -1.07. The summed E-state index contributed by atoms with van der Waals surface area (Å²) in [4.78, 5) is 0. The van der Waals surface area contributed by atoms with Crippen molar-refractivity contribution >= 4 is 12.6 Å². The summed E-state index contributed by atoms with van der Waals surface area (Å²) in [6, 6.07) is 4.35. The van der Waals surface area contributed by atoms with Crippen molar-refractivity contribution in [3.63, 3.8) is 0 Å². The van der Waals surface area contributed by atoms with Gasteiger partial charge in [-0.2, -0.15) is 0 Å². The molecule has 0 saturated carbocycles. The van der Waals surface area contributed by atoms with E-state index in [9.17, 15) is 4.39 Å². The van der Waals surface area contributed by atoms with Crippen LogP contribution < -0.4 is 10.2 Å². The molecule has 0 N–H and O–H groups in total. The van der Waals surface area contributed by atoms with Crippen LogP contribution in [0.2, 0.25) is 0 Å². The maximum absolute atomic E-state index is 13.2. The van der Waals surface area contributed by atoms with Crippen molar-refractivity contribution in [1.82, 2.24) is 0 Å². The molecule has 0 bridgehead atoms. The van der Waals surface area contributed by atoms with Crippen molar-refractivity contribution in [1.29, 1.82) is 0 Å². The number of ether oxygens (including phenoxy) is 1. The summed E-state index contributed by atoms with van der Waals surface area (Å²) in [6.45, 7) is 7.90. The van der Waals surface area contributed by atoms with Gasteiger partial charge in [0.25, 0.3) is 0 Å². The smallest absolute Gasteiger partial charge is 0.497 e. The fourth-order valence-electron chi connectivity index (χ4n) is 1.85. The van der Waals surface area contributed by atoms with Crippen molar-refractivity contribution in [2.24, 2.45) is 0 Å². The molecule has 0 atom stereocenters. The quantitative estimate of drug-likeness (QED) is 0.754. The van der Waals surface area contributed by atoms with Crippen LogP contribution in [0, 0.1) is 5.82 Å². The highest BCUT2D eigenvalue weighted by Crippen LogP contribution is 2.37. The van der Waals surface area contributed by atoms with Gasteiger partial charge in [-0.05, 0) is 33.8 Å². The van der Waals surface area contributed by atoms with E-state index in [4.69, 9.17) is 14.0 Å². The van der Waals surface area contributed by atoms with Gasteiger partial charge in [0.05, 0.1) is 18.3 Å². The molecule has 1 aromatic carbocycles. The molecule has 0 radical (unpaired) electrons. The van der Waals surface area contributed by atoms with Gasteiger partial charge in [0, 0.05) is 11.5 Å². The monoisotopic (exact) mass is 252 g/mol. The molecule has 98 valence electrons. The van der Waals surface area contributed by atoms with Gasteiger partial charge in [0.2, 0.25) is 0 Å². The third-order valence-electron chi connectivity index (χ3n) is 3.70. The van der Waals surface area contributed by atoms with E-state index in [0.717, 1.165) is 0 Å². The first-order chi connectivity index (χ1) is 8.27. The Morgan fingerprint density at radius 3 is 2.17 bits per heavy atom. The van der Waals surface area contributed by atoms with Gasteiger partial charge in [-0.1, -0.05) is 6.07 Å². The predicted octanol–water partition coefficient (Wildman–Crippen LogP) is 2.13. The summed E-state index contributed by atoms with van der Waals surface area (Å²) in [5.41, 5.74) is -0.133. The van der Waals surface area contributed by atoms with E-state index in [0.29, 0.717) is 11.2 Å². The number of benzene rings is 1. The van der Waals surface area contributed by atoms with Crippen LogP contribution in [0.1, 0.15) is 27.7 Å². The molecule has 0 amide bonds. The zero-order valence-corrected chi connectivity index (χ0v) is 11.4. The standard InChI is InChI=1S/C13H18BFO3/c1-12(2)13(3,4)18-14(17-12)10-7-6-9(15)8-11(10)16-5/h6-8H,1-5H3. The summed E-state index contributed by atoms with van der Waals surface area (Å²) in [6.07, 6.45) is 0. The Labute approximate surface area is 107 Å². The molecule has 1 saturated heterocycles. The molecule has 1 aliphatic rings. The molecule has 0 spiro atoms. The van der Waals surface area contributed by atoms with Gasteiger partial charge in [-0.15, -0.1) is 0 Å². The van der Waals surface area contributed by atoms with Crippen LogP contribution in [0.25, 0.3) is 0 Å². The first-order valence-corrected chi connectivity index (χ1v) is 5.96. The average molecular weight is 252 g/mol. The molecule has 5 heteroatoms. The Morgan fingerprint density at radius 1 is 1.11 bits per heavy atom. The molecular weight excluding hydrogens is 234 g/mol. The van der Waals surface area contributed by atoms with E-state index in [1.54, 1.807) is 6.07 Å². The molecule has 1 fully saturated rings. The van der Waals surface area contributed by atoms with E-state index in [1.165, 1.54) is 19.2 Å². The lowest BCUT2D eigenvalue weighted by Crippen LogP contribution is -2.41. The molecule has 2 rings (SSSR count). The van der Waals surface area contributed by atoms with E-state index < -0.39 is 18.3 Å². The third-order valence-corrected chi connectivity index (χ3v) is 3.70. The zero-order valence-electron chi connectivity index (χ0n) is 11.4. The van der Waals surface area contributed by atoms with Crippen LogP contribution in [-0.4, -0.2) is 25.4 Å². The lowest BCUT2D eigenvalue weighted by molar-refractivity contribution is 0.00578. The van der Waals surface area contributed by atoms with Crippen molar-refractivity contribution in [3.8, 4) is 5.75 Å². The summed E-state index contributed by atoms with van der Waals surface area (Å²) in [5, 5.41) is 0. The van der Waals surface area contributed by atoms with Gasteiger partial charge in [-0.25, -0.2) is 4.39 Å². The van der Waals surface area contributed by atoms with Crippen LogP contribution in [0.5, 0.6) is 5.75 Å². The van der Waals surface area contributed by atoms with Crippen molar-refractivity contribution in [2.45, 2.75) is 38.9 Å². The Bertz CT molecular complexity index is 444. The summed E-state index contributed by atoms with van der Waals surface area (Å²) < 4.78 is 30.2. The zero-order chi connectivity index (χ0) is 13.6. The molecule has 0 aromatic heterocycles. The Morgan fingerprint density at radius 2 is 1.67 bits per heavy atom. The average Bonchev–Trinajstić information content (AvgIpc) is 2.47. The Balaban J connectivity index is 2.35. The van der Waals surface area contributed by atoms with Crippen LogP contribution in [0.15, 0.2) is 18.2 Å². The van der Waals surface area contributed by atoms with E-state index in [1.807, 2.05) is 27.7 Å².